The molecule has 0 spiro atoms. The van der Waals surface area contributed by atoms with Crippen molar-refractivity contribution in [1.82, 2.24) is 25.0 Å². The molecule has 0 saturated carbocycles. The van der Waals surface area contributed by atoms with Gasteiger partial charge in [-0.05, 0) is 25.3 Å². The number of fused-ring (bicyclic) bond motifs is 1. The van der Waals surface area contributed by atoms with Crippen LogP contribution < -0.4 is 5.32 Å². The average Bonchev–Trinajstić information content (AvgIpc) is 3.26. The summed E-state index contributed by atoms with van der Waals surface area (Å²) in [6.45, 7) is 4.35. The molecule has 1 saturated heterocycles. The minimum atomic E-state index is 0. The Morgan fingerprint density at radius 3 is 2.85 bits per heavy atom. The van der Waals surface area contributed by atoms with Crippen LogP contribution in [0.4, 0.5) is 0 Å². The number of carbonyl (C=O) groups excluding carboxylic acids is 1. The van der Waals surface area contributed by atoms with Crippen molar-refractivity contribution in [1.29, 1.82) is 0 Å². The number of thiophene rings is 1. The molecule has 0 aromatic carbocycles. The molecule has 0 bridgehead atoms. The summed E-state index contributed by atoms with van der Waals surface area (Å²) in [5.74, 6) is 2.81. The Hall–Kier alpha value is -1.15. The van der Waals surface area contributed by atoms with Crippen molar-refractivity contribution in [2.24, 2.45) is 0 Å². The van der Waals surface area contributed by atoms with E-state index in [1.54, 1.807) is 11.3 Å². The Balaban J connectivity index is 0.00000196. The van der Waals surface area contributed by atoms with Crippen LogP contribution in [-0.2, 0) is 24.3 Å². The lowest BCUT2D eigenvalue weighted by Gasteiger charge is -2.32. The second kappa shape index (κ2) is 8.69. The lowest BCUT2D eigenvalue weighted by Crippen LogP contribution is -2.39. The first-order valence-electron chi connectivity index (χ1n) is 8.84. The van der Waals surface area contributed by atoms with Gasteiger partial charge in [-0.2, -0.15) is 0 Å². The van der Waals surface area contributed by atoms with E-state index in [0.29, 0.717) is 12.3 Å². The van der Waals surface area contributed by atoms with Crippen molar-refractivity contribution in [2.45, 2.75) is 44.7 Å². The smallest absolute Gasteiger partial charge is 0.222 e. The summed E-state index contributed by atoms with van der Waals surface area (Å²) in [4.78, 5) is 15.6. The molecule has 4 rings (SSSR count). The number of piperidine rings is 1. The minimum Gasteiger partial charge on any atom is -0.343 e. The number of rotatable bonds is 4. The normalized spacial score (nSPS) is 17.7. The lowest BCUT2D eigenvalue weighted by atomic mass is 9.95. The molecule has 0 aliphatic carbocycles. The maximum absolute atomic E-state index is 12.5. The minimum absolute atomic E-state index is 0. The first kappa shape index (κ1) is 19.6. The van der Waals surface area contributed by atoms with Gasteiger partial charge in [0.25, 0.3) is 0 Å². The van der Waals surface area contributed by atoms with E-state index in [2.05, 4.69) is 20.1 Å². The number of halogens is 2. The zero-order chi connectivity index (χ0) is 17.2. The van der Waals surface area contributed by atoms with Crippen molar-refractivity contribution < 1.29 is 4.79 Å². The highest BCUT2D eigenvalue weighted by Gasteiger charge is 2.28. The van der Waals surface area contributed by atoms with Crippen molar-refractivity contribution in [3.63, 3.8) is 0 Å². The highest BCUT2D eigenvalue weighted by Crippen LogP contribution is 2.28. The van der Waals surface area contributed by atoms with E-state index in [0.717, 1.165) is 68.7 Å². The lowest BCUT2D eigenvalue weighted by molar-refractivity contribution is -0.132. The maximum Gasteiger partial charge on any atom is 0.222 e. The number of nitrogens with one attached hydrogen (secondary N) is 1. The number of amides is 1. The summed E-state index contributed by atoms with van der Waals surface area (Å²) in [6, 6.07) is 1.95. The molecule has 142 valence electrons. The third-order valence-electron chi connectivity index (χ3n) is 5.07. The van der Waals surface area contributed by atoms with Crippen molar-refractivity contribution in [3.8, 4) is 0 Å². The number of nitrogens with zero attached hydrogens (tertiary/aromatic N) is 4. The van der Waals surface area contributed by atoms with E-state index < -0.39 is 0 Å². The molecule has 6 nitrogen and oxygen atoms in total. The molecule has 0 atom stereocenters. The third kappa shape index (κ3) is 4.22. The molecule has 0 unspecified atom stereocenters. The van der Waals surface area contributed by atoms with Gasteiger partial charge in [0.2, 0.25) is 5.91 Å². The number of aromatic nitrogens is 3. The van der Waals surface area contributed by atoms with Crippen LogP contribution in [0.3, 0.4) is 0 Å². The molecule has 2 aromatic rings. The predicted octanol–water partition coefficient (Wildman–Crippen LogP) is 2.86. The van der Waals surface area contributed by atoms with Gasteiger partial charge >= 0.3 is 0 Å². The zero-order valence-corrected chi connectivity index (χ0v) is 16.9. The SMILES string of the molecule is Cl.O=C(CCc1cc(Cl)cs1)N1CCC(c2nnc3n2CCNC3)CC1. The van der Waals surface area contributed by atoms with Crippen LogP contribution in [0.2, 0.25) is 5.02 Å². The molecule has 2 aromatic heterocycles. The number of hydrogen-bond acceptors (Lipinski definition) is 5. The van der Waals surface area contributed by atoms with E-state index >= 15 is 0 Å². The van der Waals surface area contributed by atoms with E-state index in [1.807, 2.05) is 16.3 Å². The van der Waals surface area contributed by atoms with Crippen LogP contribution in [0.1, 0.15) is 41.7 Å². The van der Waals surface area contributed by atoms with Crippen LogP contribution in [0.5, 0.6) is 0 Å². The van der Waals surface area contributed by atoms with Crippen molar-refractivity contribution >= 4 is 41.3 Å². The van der Waals surface area contributed by atoms with Crippen LogP contribution >= 0.6 is 35.3 Å². The maximum atomic E-state index is 12.5. The fourth-order valence-electron chi connectivity index (χ4n) is 3.68. The van der Waals surface area contributed by atoms with Gasteiger partial charge in [-0.25, -0.2) is 0 Å². The molecule has 9 heteroatoms. The fourth-order valence-corrected chi connectivity index (χ4v) is 4.75. The Kier molecular flexibility index (Phi) is 6.55. The summed E-state index contributed by atoms with van der Waals surface area (Å²) in [5.41, 5.74) is 0. The molecule has 1 amide bonds. The molecule has 1 fully saturated rings. The van der Waals surface area contributed by atoms with E-state index in [-0.39, 0.29) is 18.3 Å². The number of hydrogen-bond donors (Lipinski definition) is 1. The molecule has 2 aliphatic heterocycles. The summed E-state index contributed by atoms with van der Waals surface area (Å²) >= 11 is 7.56. The van der Waals surface area contributed by atoms with Gasteiger partial charge in [0.05, 0.1) is 11.6 Å². The van der Waals surface area contributed by atoms with Crippen LogP contribution in [0, 0.1) is 0 Å². The van der Waals surface area contributed by atoms with Gasteiger partial charge in [0, 0.05) is 48.8 Å². The van der Waals surface area contributed by atoms with Crippen LogP contribution in [0.15, 0.2) is 11.4 Å². The molecule has 26 heavy (non-hydrogen) atoms. The quantitative estimate of drug-likeness (QED) is 0.833. The monoisotopic (exact) mass is 415 g/mol. The highest BCUT2D eigenvalue weighted by molar-refractivity contribution is 7.10. The summed E-state index contributed by atoms with van der Waals surface area (Å²) < 4.78 is 2.26. The van der Waals surface area contributed by atoms with E-state index in [4.69, 9.17) is 11.6 Å². The van der Waals surface area contributed by atoms with Gasteiger partial charge in [-0.1, -0.05) is 11.6 Å². The summed E-state index contributed by atoms with van der Waals surface area (Å²) in [7, 11) is 0. The number of likely N-dealkylation sites (tertiary alicyclic amines) is 1. The average molecular weight is 416 g/mol. The van der Waals surface area contributed by atoms with Gasteiger partial charge in [0.15, 0.2) is 0 Å². The Labute approximate surface area is 168 Å². The second-order valence-corrected chi connectivity index (χ2v) is 8.12. The number of aryl methyl sites for hydroxylation is 1. The highest BCUT2D eigenvalue weighted by atomic mass is 35.5. The predicted molar refractivity (Wildman–Crippen MR) is 105 cm³/mol. The Bertz CT molecular complexity index is 754. The van der Waals surface area contributed by atoms with Crippen LogP contribution in [0.25, 0.3) is 0 Å². The van der Waals surface area contributed by atoms with E-state index in [9.17, 15) is 4.79 Å². The van der Waals surface area contributed by atoms with Gasteiger partial charge in [0.1, 0.15) is 11.6 Å². The van der Waals surface area contributed by atoms with Crippen molar-refractivity contribution in [2.75, 3.05) is 19.6 Å². The molecule has 2 aliphatic rings. The van der Waals surface area contributed by atoms with Crippen molar-refractivity contribution in [3.05, 3.63) is 33.0 Å². The first-order valence-corrected chi connectivity index (χ1v) is 10.1. The van der Waals surface area contributed by atoms with E-state index in [1.165, 1.54) is 4.88 Å². The molecule has 0 radical (unpaired) electrons. The second-order valence-electron chi connectivity index (χ2n) is 6.69. The van der Waals surface area contributed by atoms with Gasteiger partial charge in [-0.3, -0.25) is 4.79 Å². The molecule has 4 heterocycles. The van der Waals surface area contributed by atoms with Gasteiger partial charge < -0.3 is 14.8 Å². The number of carbonyl (C=O) groups is 1. The summed E-state index contributed by atoms with van der Waals surface area (Å²) in [6.07, 6.45) is 3.29. The molecular weight excluding hydrogens is 393 g/mol. The fraction of sp³-hybridized carbons (Fsp3) is 0.588. The van der Waals surface area contributed by atoms with Gasteiger partial charge in [-0.15, -0.1) is 33.9 Å². The third-order valence-corrected chi connectivity index (χ3v) is 6.42. The Morgan fingerprint density at radius 1 is 1.31 bits per heavy atom. The largest absolute Gasteiger partial charge is 0.343 e. The Morgan fingerprint density at radius 2 is 2.12 bits per heavy atom. The molecular formula is C17H23Cl2N5OS. The zero-order valence-electron chi connectivity index (χ0n) is 14.5. The van der Waals surface area contributed by atoms with Crippen LogP contribution in [-0.4, -0.2) is 45.2 Å². The first-order chi connectivity index (χ1) is 12.2. The standard InChI is InChI=1S/C17H22ClN5OS.ClH/c18-13-9-14(25-11-13)1-2-16(24)22-6-3-12(4-7-22)17-21-20-15-10-19-5-8-23(15)17;/h9,11-12,19H,1-8,10H2;1H. The molecule has 1 N–H and O–H groups in total. The topological polar surface area (TPSA) is 63.1 Å². The summed E-state index contributed by atoms with van der Waals surface area (Å²) in [5, 5.41) is 14.7.